The van der Waals surface area contributed by atoms with Gasteiger partial charge in [0.15, 0.2) is 0 Å². The molecule has 2 unspecified atom stereocenters. The number of nitrogens with one attached hydrogen (secondary N) is 1. The standard InChI is InChI=1S/C10H13N3/c1-7-9(10(11)13-12-7)8-5-3-2-4-6-8/h2-6,9-10,13H,11H2,1H3. The van der Waals surface area contributed by atoms with E-state index >= 15 is 0 Å². The zero-order valence-corrected chi connectivity index (χ0v) is 7.57. The van der Waals surface area contributed by atoms with Crippen LogP contribution < -0.4 is 11.2 Å². The SMILES string of the molecule is CC1=NNC(N)C1c1ccccc1. The van der Waals surface area contributed by atoms with Gasteiger partial charge in [0.25, 0.3) is 0 Å². The van der Waals surface area contributed by atoms with Gasteiger partial charge in [-0.3, -0.25) is 5.43 Å². The van der Waals surface area contributed by atoms with Crippen LogP contribution in [0.15, 0.2) is 35.4 Å². The van der Waals surface area contributed by atoms with Crippen molar-refractivity contribution in [2.75, 3.05) is 0 Å². The number of rotatable bonds is 1. The number of hydrogen-bond acceptors (Lipinski definition) is 3. The van der Waals surface area contributed by atoms with Crippen molar-refractivity contribution < 1.29 is 0 Å². The molecule has 0 saturated heterocycles. The molecule has 0 radical (unpaired) electrons. The van der Waals surface area contributed by atoms with E-state index in [1.54, 1.807) is 0 Å². The van der Waals surface area contributed by atoms with Gasteiger partial charge in [0.05, 0.1) is 5.92 Å². The summed E-state index contributed by atoms with van der Waals surface area (Å²) in [6, 6.07) is 10.2. The fourth-order valence-electron chi connectivity index (χ4n) is 1.69. The van der Waals surface area contributed by atoms with Crippen LogP contribution in [0.2, 0.25) is 0 Å². The smallest absolute Gasteiger partial charge is 0.103 e. The molecule has 0 amide bonds. The second-order valence-electron chi connectivity index (χ2n) is 3.30. The van der Waals surface area contributed by atoms with Crippen LogP contribution in [0.3, 0.4) is 0 Å². The molecule has 3 N–H and O–H groups in total. The van der Waals surface area contributed by atoms with Crippen LogP contribution in [0.5, 0.6) is 0 Å². The fraction of sp³-hybridized carbons (Fsp3) is 0.300. The van der Waals surface area contributed by atoms with Crippen LogP contribution in [0.4, 0.5) is 0 Å². The minimum absolute atomic E-state index is 0.0811. The highest BCUT2D eigenvalue weighted by Crippen LogP contribution is 2.22. The topological polar surface area (TPSA) is 50.4 Å². The summed E-state index contributed by atoms with van der Waals surface area (Å²) in [7, 11) is 0. The lowest BCUT2D eigenvalue weighted by atomic mass is 9.93. The predicted molar refractivity (Wildman–Crippen MR) is 53.4 cm³/mol. The summed E-state index contributed by atoms with van der Waals surface area (Å²) < 4.78 is 0. The molecule has 0 aromatic heterocycles. The molecule has 0 spiro atoms. The highest BCUT2D eigenvalue weighted by atomic mass is 15.4. The van der Waals surface area contributed by atoms with Gasteiger partial charge in [-0.2, -0.15) is 5.10 Å². The number of nitrogens with zero attached hydrogens (tertiary/aromatic N) is 1. The van der Waals surface area contributed by atoms with Crippen LogP contribution in [0.1, 0.15) is 18.4 Å². The summed E-state index contributed by atoms with van der Waals surface area (Å²) in [5, 5.41) is 4.12. The van der Waals surface area contributed by atoms with Gasteiger partial charge in [-0.25, -0.2) is 0 Å². The van der Waals surface area contributed by atoms with E-state index in [-0.39, 0.29) is 12.1 Å². The van der Waals surface area contributed by atoms with Crippen molar-refractivity contribution in [3.05, 3.63) is 35.9 Å². The van der Waals surface area contributed by atoms with Gasteiger partial charge in [0, 0.05) is 5.71 Å². The van der Waals surface area contributed by atoms with E-state index in [1.165, 1.54) is 5.56 Å². The summed E-state index contributed by atoms with van der Waals surface area (Å²) in [4.78, 5) is 0. The average Bonchev–Trinajstić information content (AvgIpc) is 2.48. The lowest BCUT2D eigenvalue weighted by molar-refractivity contribution is 0.564. The summed E-state index contributed by atoms with van der Waals surface area (Å²) in [6.45, 7) is 2.00. The van der Waals surface area contributed by atoms with E-state index in [1.807, 2.05) is 25.1 Å². The van der Waals surface area contributed by atoms with E-state index in [4.69, 9.17) is 5.73 Å². The molecule has 0 aliphatic carbocycles. The fourth-order valence-corrected chi connectivity index (χ4v) is 1.69. The molecule has 0 fully saturated rings. The molecule has 0 bridgehead atoms. The van der Waals surface area contributed by atoms with Gasteiger partial charge >= 0.3 is 0 Å². The number of hydrazone groups is 1. The third kappa shape index (κ3) is 1.42. The lowest BCUT2D eigenvalue weighted by Gasteiger charge is -2.15. The maximum atomic E-state index is 5.88. The highest BCUT2D eigenvalue weighted by Gasteiger charge is 2.26. The number of benzene rings is 1. The van der Waals surface area contributed by atoms with E-state index in [0.29, 0.717) is 0 Å². The van der Waals surface area contributed by atoms with Crippen molar-refractivity contribution in [3.8, 4) is 0 Å². The van der Waals surface area contributed by atoms with Crippen LogP contribution in [0, 0.1) is 0 Å². The summed E-state index contributed by atoms with van der Waals surface area (Å²) in [5.41, 5.74) is 11.0. The van der Waals surface area contributed by atoms with Crippen LogP contribution in [-0.4, -0.2) is 11.9 Å². The Bertz CT molecular complexity index is 318. The van der Waals surface area contributed by atoms with Crippen LogP contribution in [-0.2, 0) is 0 Å². The largest absolute Gasteiger partial charge is 0.309 e. The van der Waals surface area contributed by atoms with Crippen molar-refractivity contribution in [1.82, 2.24) is 5.43 Å². The van der Waals surface area contributed by atoms with E-state index in [9.17, 15) is 0 Å². The molecule has 68 valence electrons. The second-order valence-corrected chi connectivity index (χ2v) is 3.30. The molecule has 1 aliphatic heterocycles. The maximum Gasteiger partial charge on any atom is 0.103 e. The zero-order valence-electron chi connectivity index (χ0n) is 7.57. The predicted octanol–water partition coefficient (Wildman–Crippen LogP) is 1.03. The van der Waals surface area contributed by atoms with Gasteiger partial charge in [-0.1, -0.05) is 30.3 Å². The van der Waals surface area contributed by atoms with Crippen molar-refractivity contribution in [1.29, 1.82) is 0 Å². The van der Waals surface area contributed by atoms with Crippen molar-refractivity contribution in [3.63, 3.8) is 0 Å². The van der Waals surface area contributed by atoms with Crippen LogP contribution >= 0.6 is 0 Å². The van der Waals surface area contributed by atoms with E-state index in [2.05, 4.69) is 22.7 Å². The molecule has 1 aromatic carbocycles. The minimum atomic E-state index is -0.0811. The summed E-state index contributed by atoms with van der Waals surface area (Å²) >= 11 is 0. The minimum Gasteiger partial charge on any atom is -0.309 e. The molecule has 3 heteroatoms. The molecular formula is C10H13N3. The first-order valence-corrected chi connectivity index (χ1v) is 4.39. The summed E-state index contributed by atoms with van der Waals surface area (Å²) in [5.74, 6) is 0.223. The summed E-state index contributed by atoms with van der Waals surface area (Å²) in [6.07, 6.45) is -0.0811. The maximum absolute atomic E-state index is 5.88. The van der Waals surface area contributed by atoms with Gasteiger partial charge in [-0.15, -0.1) is 0 Å². The molecule has 2 rings (SSSR count). The van der Waals surface area contributed by atoms with E-state index in [0.717, 1.165) is 5.71 Å². The van der Waals surface area contributed by atoms with Crippen molar-refractivity contribution in [2.24, 2.45) is 10.8 Å². The quantitative estimate of drug-likeness (QED) is 0.670. The van der Waals surface area contributed by atoms with Gasteiger partial charge in [-0.05, 0) is 12.5 Å². The first-order chi connectivity index (χ1) is 6.29. The first kappa shape index (κ1) is 8.26. The molecule has 3 nitrogen and oxygen atoms in total. The Morgan fingerprint density at radius 2 is 2.00 bits per heavy atom. The Morgan fingerprint density at radius 3 is 2.54 bits per heavy atom. The molecule has 0 saturated carbocycles. The van der Waals surface area contributed by atoms with Gasteiger partial charge < -0.3 is 5.73 Å². The van der Waals surface area contributed by atoms with Crippen LogP contribution in [0.25, 0.3) is 0 Å². The van der Waals surface area contributed by atoms with Crippen molar-refractivity contribution >= 4 is 5.71 Å². The van der Waals surface area contributed by atoms with E-state index < -0.39 is 0 Å². The molecule has 1 aromatic rings. The Kier molecular flexibility index (Phi) is 2.02. The Balaban J connectivity index is 2.31. The number of hydrogen-bond donors (Lipinski definition) is 2. The zero-order chi connectivity index (χ0) is 9.26. The number of nitrogens with two attached hydrogens (primary N) is 1. The third-order valence-corrected chi connectivity index (χ3v) is 2.36. The lowest BCUT2D eigenvalue weighted by Crippen LogP contribution is -2.36. The normalized spacial score (nSPS) is 26.8. The van der Waals surface area contributed by atoms with Crippen molar-refractivity contribution in [2.45, 2.75) is 19.0 Å². The Hall–Kier alpha value is -1.35. The molecule has 2 atom stereocenters. The Labute approximate surface area is 77.6 Å². The molecular weight excluding hydrogens is 162 g/mol. The average molecular weight is 175 g/mol. The first-order valence-electron chi connectivity index (χ1n) is 4.39. The Morgan fingerprint density at radius 1 is 1.31 bits per heavy atom. The molecule has 1 heterocycles. The second kappa shape index (κ2) is 3.18. The highest BCUT2D eigenvalue weighted by molar-refractivity contribution is 5.90. The molecule has 13 heavy (non-hydrogen) atoms. The molecule has 1 aliphatic rings. The van der Waals surface area contributed by atoms with Gasteiger partial charge in [0.1, 0.15) is 6.17 Å². The monoisotopic (exact) mass is 175 g/mol. The third-order valence-electron chi connectivity index (χ3n) is 2.36. The van der Waals surface area contributed by atoms with Gasteiger partial charge in [0.2, 0.25) is 0 Å².